The summed E-state index contributed by atoms with van der Waals surface area (Å²) in [4.78, 5) is 10.3. The molecule has 0 saturated carbocycles. The zero-order chi connectivity index (χ0) is 11.0. The quantitative estimate of drug-likeness (QED) is 0.648. The highest BCUT2D eigenvalue weighted by Gasteiger charge is 2.04. The first kappa shape index (κ1) is 13.5. The van der Waals surface area contributed by atoms with E-state index in [1.807, 2.05) is 0 Å². The van der Waals surface area contributed by atoms with E-state index >= 15 is 0 Å². The van der Waals surface area contributed by atoms with Crippen molar-refractivity contribution in [3.8, 4) is 0 Å². The van der Waals surface area contributed by atoms with E-state index in [1.54, 1.807) is 0 Å². The molecule has 0 rings (SSSR count). The van der Waals surface area contributed by atoms with Crippen LogP contribution in [0.25, 0.3) is 0 Å². The Kier molecular flexibility index (Phi) is 7.54. The lowest BCUT2D eigenvalue weighted by Crippen LogP contribution is -2.00. The highest BCUT2D eigenvalue weighted by atomic mass is 16.4. The van der Waals surface area contributed by atoms with Crippen molar-refractivity contribution in [3.63, 3.8) is 0 Å². The Balaban J connectivity index is 3.27. The zero-order valence-corrected chi connectivity index (χ0v) is 9.75. The van der Waals surface area contributed by atoms with Crippen LogP contribution in [0.4, 0.5) is 0 Å². The van der Waals surface area contributed by atoms with Gasteiger partial charge in [0.05, 0.1) is 0 Å². The summed E-state index contributed by atoms with van der Waals surface area (Å²) in [5.74, 6) is 0.814. The SMILES string of the molecule is CC(C)CCCC(C)CCCC(=O)O. The molecule has 0 amide bonds. The van der Waals surface area contributed by atoms with Crippen molar-refractivity contribution < 1.29 is 9.90 Å². The van der Waals surface area contributed by atoms with E-state index in [2.05, 4.69) is 20.8 Å². The molecule has 0 aromatic rings. The minimum absolute atomic E-state index is 0.328. The Labute approximate surface area is 87.7 Å². The summed E-state index contributed by atoms with van der Waals surface area (Å²) >= 11 is 0. The van der Waals surface area contributed by atoms with Crippen molar-refractivity contribution >= 4 is 5.97 Å². The van der Waals surface area contributed by atoms with Crippen LogP contribution in [0.2, 0.25) is 0 Å². The summed E-state index contributed by atoms with van der Waals surface area (Å²) in [5, 5.41) is 8.48. The summed E-state index contributed by atoms with van der Waals surface area (Å²) < 4.78 is 0. The number of carbonyl (C=O) groups is 1. The normalized spacial score (nSPS) is 13.1. The van der Waals surface area contributed by atoms with Crippen LogP contribution in [0.15, 0.2) is 0 Å². The molecule has 14 heavy (non-hydrogen) atoms. The molecule has 0 radical (unpaired) electrons. The lowest BCUT2D eigenvalue weighted by atomic mass is 9.95. The van der Waals surface area contributed by atoms with Crippen molar-refractivity contribution in [2.45, 2.75) is 59.3 Å². The average Bonchev–Trinajstić information content (AvgIpc) is 2.02. The minimum Gasteiger partial charge on any atom is -0.481 e. The molecule has 0 aliphatic rings. The van der Waals surface area contributed by atoms with E-state index in [9.17, 15) is 4.79 Å². The molecule has 1 atom stereocenters. The summed E-state index contributed by atoms with van der Waals surface area (Å²) in [7, 11) is 0. The van der Waals surface area contributed by atoms with Crippen molar-refractivity contribution in [1.82, 2.24) is 0 Å². The molecule has 0 bridgehead atoms. The van der Waals surface area contributed by atoms with E-state index in [4.69, 9.17) is 5.11 Å². The number of hydrogen-bond donors (Lipinski definition) is 1. The van der Waals surface area contributed by atoms with Gasteiger partial charge >= 0.3 is 5.97 Å². The van der Waals surface area contributed by atoms with Gasteiger partial charge < -0.3 is 5.11 Å². The lowest BCUT2D eigenvalue weighted by Gasteiger charge is -2.11. The van der Waals surface area contributed by atoms with E-state index in [0.717, 1.165) is 18.8 Å². The molecule has 0 saturated heterocycles. The van der Waals surface area contributed by atoms with Crippen molar-refractivity contribution in [1.29, 1.82) is 0 Å². The van der Waals surface area contributed by atoms with Crippen molar-refractivity contribution in [2.75, 3.05) is 0 Å². The highest BCUT2D eigenvalue weighted by Crippen LogP contribution is 2.17. The van der Waals surface area contributed by atoms with E-state index in [0.29, 0.717) is 12.3 Å². The first-order valence-corrected chi connectivity index (χ1v) is 5.74. The van der Waals surface area contributed by atoms with Crippen LogP contribution in [0, 0.1) is 11.8 Å². The van der Waals surface area contributed by atoms with Gasteiger partial charge in [-0.2, -0.15) is 0 Å². The monoisotopic (exact) mass is 200 g/mol. The molecule has 0 aliphatic heterocycles. The van der Waals surface area contributed by atoms with Gasteiger partial charge in [-0.3, -0.25) is 4.79 Å². The Morgan fingerprint density at radius 2 is 1.64 bits per heavy atom. The smallest absolute Gasteiger partial charge is 0.303 e. The van der Waals surface area contributed by atoms with E-state index in [1.165, 1.54) is 19.3 Å². The molecule has 1 N–H and O–H groups in total. The highest BCUT2D eigenvalue weighted by molar-refractivity contribution is 5.66. The molecule has 2 nitrogen and oxygen atoms in total. The van der Waals surface area contributed by atoms with Crippen LogP contribution < -0.4 is 0 Å². The van der Waals surface area contributed by atoms with Gasteiger partial charge in [-0.05, 0) is 18.3 Å². The molecular weight excluding hydrogens is 176 g/mol. The van der Waals surface area contributed by atoms with Gasteiger partial charge in [-0.1, -0.05) is 46.5 Å². The van der Waals surface area contributed by atoms with Gasteiger partial charge in [-0.15, -0.1) is 0 Å². The van der Waals surface area contributed by atoms with E-state index < -0.39 is 5.97 Å². The summed E-state index contributed by atoms with van der Waals surface area (Å²) in [5.41, 5.74) is 0. The molecule has 0 heterocycles. The Morgan fingerprint density at radius 1 is 1.07 bits per heavy atom. The van der Waals surface area contributed by atoms with Gasteiger partial charge in [0.1, 0.15) is 0 Å². The maximum absolute atomic E-state index is 10.3. The Morgan fingerprint density at radius 3 is 2.14 bits per heavy atom. The Hall–Kier alpha value is -0.530. The van der Waals surface area contributed by atoms with Crippen LogP contribution in [0.5, 0.6) is 0 Å². The number of hydrogen-bond acceptors (Lipinski definition) is 1. The first-order valence-electron chi connectivity index (χ1n) is 5.74. The summed E-state index contributed by atoms with van der Waals surface area (Å²) in [6, 6.07) is 0. The number of rotatable bonds is 8. The first-order chi connectivity index (χ1) is 6.52. The summed E-state index contributed by atoms with van der Waals surface area (Å²) in [6.45, 7) is 6.71. The maximum Gasteiger partial charge on any atom is 0.303 e. The molecule has 0 aliphatic carbocycles. The number of carboxylic acids is 1. The lowest BCUT2D eigenvalue weighted by molar-refractivity contribution is -0.137. The predicted molar refractivity (Wildman–Crippen MR) is 59.3 cm³/mol. The van der Waals surface area contributed by atoms with Gasteiger partial charge in [0.15, 0.2) is 0 Å². The van der Waals surface area contributed by atoms with Crippen molar-refractivity contribution in [3.05, 3.63) is 0 Å². The van der Waals surface area contributed by atoms with Crippen LogP contribution in [0.3, 0.4) is 0 Å². The molecule has 0 spiro atoms. The minimum atomic E-state index is -0.667. The molecule has 2 heteroatoms. The fourth-order valence-corrected chi connectivity index (χ4v) is 1.62. The summed E-state index contributed by atoms with van der Waals surface area (Å²) in [6.07, 6.45) is 6.05. The van der Waals surface area contributed by atoms with Crippen LogP contribution in [0.1, 0.15) is 59.3 Å². The molecule has 0 aromatic heterocycles. The largest absolute Gasteiger partial charge is 0.481 e. The zero-order valence-electron chi connectivity index (χ0n) is 9.75. The van der Waals surface area contributed by atoms with Gasteiger partial charge in [0.2, 0.25) is 0 Å². The standard InChI is InChI=1S/C12H24O2/c1-10(2)6-4-7-11(3)8-5-9-12(13)14/h10-11H,4-9H2,1-3H3,(H,13,14). The molecule has 1 unspecified atom stereocenters. The second-order valence-corrected chi connectivity index (χ2v) is 4.72. The van der Waals surface area contributed by atoms with Crippen LogP contribution >= 0.6 is 0 Å². The van der Waals surface area contributed by atoms with Gasteiger partial charge in [0.25, 0.3) is 0 Å². The fourth-order valence-electron chi connectivity index (χ4n) is 1.62. The van der Waals surface area contributed by atoms with Crippen LogP contribution in [-0.2, 0) is 4.79 Å². The second kappa shape index (κ2) is 7.84. The van der Waals surface area contributed by atoms with Crippen molar-refractivity contribution in [2.24, 2.45) is 11.8 Å². The average molecular weight is 200 g/mol. The third-order valence-corrected chi connectivity index (χ3v) is 2.57. The molecule has 84 valence electrons. The van der Waals surface area contributed by atoms with E-state index in [-0.39, 0.29) is 0 Å². The second-order valence-electron chi connectivity index (χ2n) is 4.72. The van der Waals surface area contributed by atoms with Gasteiger partial charge in [-0.25, -0.2) is 0 Å². The molecular formula is C12H24O2. The molecule has 0 aromatic carbocycles. The molecule has 0 fully saturated rings. The van der Waals surface area contributed by atoms with Gasteiger partial charge in [0, 0.05) is 6.42 Å². The van der Waals surface area contributed by atoms with Crippen LogP contribution in [-0.4, -0.2) is 11.1 Å². The fraction of sp³-hybridized carbons (Fsp3) is 0.917. The maximum atomic E-state index is 10.3. The predicted octanol–water partition coefficient (Wildman–Crippen LogP) is 3.70. The third kappa shape index (κ3) is 9.56. The number of aliphatic carboxylic acids is 1. The third-order valence-electron chi connectivity index (χ3n) is 2.57. The topological polar surface area (TPSA) is 37.3 Å². The number of carboxylic acid groups (broad SMARTS) is 1. The Bertz CT molecular complexity index is 152.